The highest BCUT2D eigenvalue weighted by Crippen LogP contribution is 2.41. The Morgan fingerprint density at radius 1 is 1.14 bits per heavy atom. The molecule has 2 fully saturated rings. The van der Waals surface area contributed by atoms with E-state index in [-0.39, 0.29) is 6.04 Å². The van der Waals surface area contributed by atoms with E-state index in [1.165, 1.54) is 12.1 Å². The molecule has 0 spiro atoms. The lowest BCUT2D eigenvalue weighted by Gasteiger charge is -2.33. The molecule has 1 N–H and O–H groups in total. The summed E-state index contributed by atoms with van der Waals surface area (Å²) in [6, 6.07) is 6.29. The quantitative estimate of drug-likeness (QED) is 0.912. The summed E-state index contributed by atoms with van der Waals surface area (Å²) < 4.78 is 39.7. The Morgan fingerprint density at radius 3 is 2.52 bits per heavy atom. The Hall–Kier alpha value is -1.23. The average molecular weight is 298 g/mol. The second-order valence-corrected chi connectivity index (χ2v) is 6.11. The molecule has 0 amide bonds. The summed E-state index contributed by atoms with van der Waals surface area (Å²) in [5.41, 5.74) is -0.140. The first-order valence-electron chi connectivity index (χ1n) is 7.69. The standard InChI is InChI=1S/C16H21F3N2/c17-16(18,19)14-5-1-2-6-15(14)21(13-7-8-13)11-12-4-3-9-20-10-12/h1-2,5-6,12-13,20H,3-4,7-11H2. The van der Waals surface area contributed by atoms with Crippen molar-refractivity contribution in [3.63, 3.8) is 0 Å². The molecular weight excluding hydrogens is 277 g/mol. The molecule has 0 aromatic heterocycles. The lowest BCUT2D eigenvalue weighted by Crippen LogP contribution is -2.40. The van der Waals surface area contributed by atoms with Gasteiger partial charge >= 0.3 is 6.18 Å². The molecule has 0 bridgehead atoms. The second-order valence-electron chi connectivity index (χ2n) is 6.11. The second kappa shape index (κ2) is 5.87. The van der Waals surface area contributed by atoms with Crippen LogP contribution in [0.25, 0.3) is 0 Å². The first-order valence-corrected chi connectivity index (χ1v) is 7.69. The Kier molecular flexibility index (Phi) is 4.11. The van der Waals surface area contributed by atoms with Crippen LogP contribution in [0, 0.1) is 5.92 Å². The van der Waals surface area contributed by atoms with Crippen molar-refractivity contribution >= 4 is 5.69 Å². The summed E-state index contributed by atoms with van der Waals surface area (Å²) in [5.74, 6) is 0.445. The van der Waals surface area contributed by atoms with Gasteiger partial charge in [-0.15, -0.1) is 0 Å². The van der Waals surface area contributed by atoms with Gasteiger partial charge in [0.05, 0.1) is 5.56 Å². The number of anilines is 1. The molecule has 3 rings (SSSR count). The fourth-order valence-electron chi connectivity index (χ4n) is 3.15. The van der Waals surface area contributed by atoms with E-state index in [1.54, 1.807) is 12.1 Å². The van der Waals surface area contributed by atoms with Crippen molar-refractivity contribution in [1.29, 1.82) is 0 Å². The van der Waals surface area contributed by atoms with E-state index in [9.17, 15) is 13.2 Å². The first kappa shape index (κ1) is 14.7. The normalized spacial score (nSPS) is 23.1. The minimum absolute atomic E-state index is 0.287. The topological polar surface area (TPSA) is 15.3 Å². The van der Waals surface area contributed by atoms with Gasteiger partial charge in [-0.25, -0.2) is 0 Å². The van der Waals surface area contributed by atoms with Crippen LogP contribution >= 0.6 is 0 Å². The van der Waals surface area contributed by atoms with Crippen LogP contribution in [0.15, 0.2) is 24.3 Å². The molecule has 5 heteroatoms. The van der Waals surface area contributed by atoms with Gasteiger partial charge in [0.1, 0.15) is 0 Å². The molecule has 1 aliphatic carbocycles. The predicted octanol–water partition coefficient (Wildman–Crippen LogP) is 3.67. The van der Waals surface area contributed by atoms with Gasteiger partial charge in [-0.05, 0) is 56.8 Å². The van der Waals surface area contributed by atoms with Crippen LogP contribution in [0.4, 0.5) is 18.9 Å². The Labute approximate surface area is 123 Å². The van der Waals surface area contributed by atoms with Gasteiger partial charge < -0.3 is 10.2 Å². The van der Waals surface area contributed by atoms with Crippen LogP contribution in [0.5, 0.6) is 0 Å². The molecule has 1 aromatic carbocycles. The van der Waals surface area contributed by atoms with Crippen LogP contribution in [-0.4, -0.2) is 25.7 Å². The highest BCUT2D eigenvalue weighted by Gasteiger charge is 2.38. The molecule has 1 saturated heterocycles. The van der Waals surface area contributed by atoms with E-state index in [2.05, 4.69) is 5.32 Å². The molecule has 1 atom stereocenters. The third kappa shape index (κ3) is 3.51. The lowest BCUT2D eigenvalue weighted by atomic mass is 9.98. The Morgan fingerprint density at radius 2 is 1.90 bits per heavy atom. The van der Waals surface area contributed by atoms with Gasteiger partial charge in [0.15, 0.2) is 0 Å². The largest absolute Gasteiger partial charge is 0.418 e. The molecule has 0 radical (unpaired) electrons. The fraction of sp³-hybridized carbons (Fsp3) is 0.625. The molecule has 1 aliphatic heterocycles. The van der Waals surface area contributed by atoms with Gasteiger partial charge in [0, 0.05) is 18.3 Å². The molecule has 1 heterocycles. The van der Waals surface area contributed by atoms with Crippen LogP contribution in [0.2, 0.25) is 0 Å². The zero-order valence-electron chi connectivity index (χ0n) is 12.0. The van der Waals surface area contributed by atoms with Crippen molar-refractivity contribution in [1.82, 2.24) is 5.32 Å². The third-order valence-electron chi connectivity index (χ3n) is 4.36. The van der Waals surface area contributed by atoms with E-state index in [1.807, 2.05) is 4.90 Å². The van der Waals surface area contributed by atoms with Crippen molar-refractivity contribution in [2.75, 3.05) is 24.5 Å². The van der Waals surface area contributed by atoms with Crippen molar-refractivity contribution in [3.8, 4) is 0 Å². The van der Waals surface area contributed by atoms with Crippen molar-refractivity contribution in [2.24, 2.45) is 5.92 Å². The maximum Gasteiger partial charge on any atom is 0.418 e. The summed E-state index contributed by atoms with van der Waals surface area (Å²) in [4.78, 5) is 2.00. The van der Waals surface area contributed by atoms with Crippen LogP contribution < -0.4 is 10.2 Å². The molecule has 2 aliphatic rings. The maximum atomic E-state index is 13.2. The van der Waals surface area contributed by atoms with Crippen molar-refractivity contribution < 1.29 is 13.2 Å². The minimum atomic E-state index is -4.28. The van der Waals surface area contributed by atoms with Crippen molar-refractivity contribution in [3.05, 3.63) is 29.8 Å². The number of para-hydroxylation sites is 1. The highest BCUT2D eigenvalue weighted by molar-refractivity contribution is 5.56. The molecule has 1 aromatic rings. The van der Waals surface area contributed by atoms with E-state index in [4.69, 9.17) is 0 Å². The van der Waals surface area contributed by atoms with E-state index >= 15 is 0 Å². The van der Waals surface area contributed by atoms with Gasteiger partial charge in [-0.2, -0.15) is 13.2 Å². The number of rotatable bonds is 4. The maximum absolute atomic E-state index is 13.2. The molecule has 2 nitrogen and oxygen atoms in total. The molecule has 1 unspecified atom stereocenters. The average Bonchev–Trinajstić information content (AvgIpc) is 3.30. The van der Waals surface area contributed by atoms with E-state index in [0.717, 1.165) is 45.3 Å². The van der Waals surface area contributed by atoms with E-state index in [0.29, 0.717) is 11.6 Å². The summed E-state index contributed by atoms with van der Waals surface area (Å²) in [6.45, 7) is 2.67. The van der Waals surface area contributed by atoms with Crippen molar-refractivity contribution in [2.45, 2.75) is 37.9 Å². The predicted molar refractivity (Wildman–Crippen MR) is 77.4 cm³/mol. The Bertz CT molecular complexity index is 477. The minimum Gasteiger partial charge on any atom is -0.368 e. The van der Waals surface area contributed by atoms with Gasteiger partial charge in [0.2, 0.25) is 0 Å². The molecule has 116 valence electrons. The van der Waals surface area contributed by atoms with Crippen LogP contribution in [0.1, 0.15) is 31.2 Å². The SMILES string of the molecule is FC(F)(F)c1ccccc1N(CC1CCCNC1)C1CC1. The van der Waals surface area contributed by atoms with Gasteiger partial charge in [0.25, 0.3) is 0 Å². The zero-order valence-corrected chi connectivity index (χ0v) is 12.0. The molecule has 1 saturated carbocycles. The Balaban J connectivity index is 1.84. The first-order chi connectivity index (χ1) is 10.1. The summed E-state index contributed by atoms with van der Waals surface area (Å²) in [6.07, 6.45) is -0.0538. The molecule has 21 heavy (non-hydrogen) atoms. The monoisotopic (exact) mass is 298 g/mol. The summed E-state index contributed by atoms with van der Waals surface area (Å²) >= 11 is 0. The fourth-order valence-corrected chi connectivity index (χ4v) is 3.15. The zero-order chi connectivity index (χ0) is 14.9. The van der Waals surface area contributed by atoms with Gasteiger partial charge in [-0.1, -0.05) is 12.1 Å². The number of alkyl halides is 3. The number of hydrogen-bond donors (Lipinski definition) is 1. The smallest absolute Gasteiger partial charge is 0.368 e. The van der Waals surface area contributed by atoms with Gasteiger partial charge in [-0.3, -0.25) is 0 Å². The number of benzene rings is 1. The summed E-state index contributed by atoms with van der Waals surface area (Å²) in [7, 11) is 0. The van der Waals surface area contributed by atoms with E-state index < -0.39 is 11.7 Å². The number of nitrogens with zero attached hydrogens (tertiary/aromatic N) is 1. The van der Waals surface area contributed by atoms with Crippen LogP contribution in [-0.2, 0) is 6.18 Å². The number of halogens is 3. The highest BCUT2D eigenvalue weighted by atomic mass is 19.4. The lowest BCUT2D eigenvalue weighted by molar-refractivity contribution is -0.137. The summed E-state index contributed by atoms with van der Waals surface area (Å²) in [5, 5.41) is 3.35. The third-order valence-corrected chi connectivity index (χ3v) is 4.36. The number of nitrogens with one attached hydrogen (secondary N) is 1. The number of piperidine rings is 1. The number of hydrogen-bond acceptors (Lipinski definition) is 2. The molecular formula is C16H21F3N2. The van der Waals surface area contributed by atoms with Crippen LogP contribution in [0.3, 0.4) is 0 Å².